The summed E-state index contributed by atoms with van der Waals surface area (Å²) in [5.74, 6) is 0. The van der Waals surface area contributed by atoms with E-state index in [0.717, 1.165) is 0 Å². The van der Waals surface area contributed by atoms with E-state index in [9.17, 15) is 0 Å². The van der Waals surface area contributed by atoms with Crippen LogP contribution in [0.4, 0.5) is 0 Å². The first-order chi connectivity index (χ1) is 8.35. The van der Waals surface area contributed by atoms with Gasteiger partial charge in [0.15, 0.2) is 0 Å². The molecule has 0 fully saturated rings. The van der Waals surface area contributed by atoms with Crippen LogP contribution in [0.15, 0.2) is 30.3 Å². The van der Waals surface area contributed by atoms with Crippen LogP contribution in [-0.4, -0.2) is 0 Å². The second kappa shape index (κ2) is 13.3. The highest BCUT2D eigenvalue weighted by Gasteiger charge is 1.84. The molecule has 17 heavy (non-hydrogen) atoms. The van der Waals surface area contributed by atoms with Crippen LogP contribution in [0.3, 0.4) is 0 Å². The van der Waals surface area contributed by atoms with E-state index in [1.165, 1.54) is 56.9 Å². The van der Waals surface area contributed by atoms with Gasteiger partial charge in [-0.2, -0.15) is 0 Å². The minimum Gasteiger partial charge on any atom is -0.0654 e. The molecule has 0 heterocycles. The molecular weight excluding hydrogens is 204 g/mol. The van der Waals surface area contributed by atoms with Crippen molar-refractivity contribution in [1.82, 2.24) is 0 Å². The molecule has 0 atom stereocenters. The van der Waals surface area contributed by atoms with Crippen molar-refractivity contribution in [1.29, 1.82) is 0 Å². The summed E-state index contributed by atoms with van der Waals surface area (Å²) in [6.45, 7) is 6.71. The Morgan fingerprint density at radius 3 is 1.59 bits per heavy atom. The molecular formula is C17H30. The Bertz CT molecular complexity index is 219. The van der Waals surface area contributed by atoms with Crippen LogP contribution in [0, 0.1) is 0 Å². The third kappa shape index (κ3) is 11.5. The summed E-state index contributed by atoms with van der Waals surface area (Å²) in [7, 11) is 0. The van der Waals surface area contributed by atoms with E-state index in [0.29, 0.717) is 0 Å². The molecule has 0 aliphatic heterocycles. The van der Waals surface area contributed by atoms with Crippen LogP contribution in [0.1, 0.15) is 71.3 Å². The van der Waals surface area contributed by atoms with Crippen LogP contribution >= 0.6 is 0 Å². The molecule has 0 aliphatic rings. The molecule has 0 bridgehead atoms. The molecule has 1 rings (SSSR count). The largest absolute Gasteiger partial charge is 0.0654 e. The molecule has 0 spiro atoms. The highest BCUT2D eigenvalue weighted by Crippen LogP contribution is 2.03. The maximum absolute atomic E-state index is 2.26. The van der Waals surface area contributed by atoms with Gasteiger partial charge in [0.05, 0.1) is 0 Å². The minimum absolute atomic E-state index is 1.21. The highest BCUT2D eigenvalue weighted by atomic mass is 13.9. The SMILES string of the molecule is CCCCCCCC.CCCc1ccccc1. The molecule has 0 aromatic heterocycles. The Hall–Kier alpha value is -0.780. The van der Waals surface area contributed by atoms with E-state index in [1.54, 1.807) is 0 Å². The van der Waals surface area contributed by atoms with E-state index in [-0.39, 0.29) is 0 Å². The molecule has 0 unspecified atom stereocenters. The van der Waals surface area contributed by atoms with Gasteiger partial charge >= 0.3 is 0 Å². The Morgan fingerprint density at radius 2 is 1.18 bits per heavy atom. The Labute approximate surface area is 108 Å². The normalized spacial score (nSPS) is 9.59. The fourth-order valence-electron chi connectivity index (χ4n) is 1.79. The van der Waals surface area contributed by atoms with Crippen LogP contribution in [0.5, 0.6) is 0 Å². The van der Waals surface area contributed by atoms with Gasteiger partial charge in [0.25, 0.3) is 0 Å². The number of hydrogen-bond donors (Lipinski definition) is 0. The van der Waals surface area contributed by atoms with Crippen LogP contribution in [0.25, 0.3) is 0 Å². The first-order valence-electron chi connectivity index (χ1n) is 7.39. The number of unbranched alkanes of at least 4 members (excludes halogenated alkanes) is 5. The van der Waals surface area contributed by atoms with Crippen molar-refractivity contribution in [2.75, 3.05) is 0 Å². The van der Waals surface area contributed by atoms with E-state index in [1.807, 2.05) is 0 Å². The number of benzene rings is 1. The Balaban J connectivity index is 0.000000304. The van der Waals surface area contributed by atoms with E-state index < -0.39 is 0 Å². The second-order valence-electron chi connectivity index (χ2n) is 4.65. The predicted octanol–water partition coefficient (Wildman–Crippen LogP) is 6.01. The average Bonchev–Trinajstić information content (AvgIpc) is 2.37. The van der Waals surface area contributed by atoms with Crippen molar-refractivity contribution in [2.24, 2.45) is 0 Å². The van der Waals surface area contributed by atoms with Crippen LogP contribution < -0.4 is 0 Å². The first kappa shape index (κ1) is 16.2. The fourth-order valence-corrected chi connectivity index (χ4v) is 1.79. The number of hydrogen-bond acceptors (Lipinski definition) is 0. The van der Waals surface area contributed by atoms with Crippen molar-refractivity contribution in [2.45, 2.75) is 72.1 Å². The van der Waals surface area contributed by atoms with E-state index in [4.69, 9.17) is 0 Å². The van der Waals surface area contributed by atoms with Gasteiger partial charge in [-0.25, -0.2) is 0 Å². The van der Waals surface area contributed by atoms with Gasteiger partial charge in [-0.05, 0) is 12.0 Å². The van der Waals surface area contributed by atoms with Gasteiger partial charge < -0.3 is 0 Å². The van der Waals surface area contributed by atoms with E-state index in [2.05, 4.69) is 51.1 Å². The number of aryl methyl sites for hydroxylation is 1. The van der Waals surface area contributed by atoms with Crippen molar-refractivity contribution in [3.8, 4) is 0 Å². The topological polar surface area (TPSA) is 0 Å². The molecule has 0 saturated carbocycles. The predicted molar refractivity (Wildman–Crippen MR) is 79.5 cm³/mol. The molecule has 0 radical (unpaired) electrons. The molecule has 0 heteroatoms. The van der Waals surface area contributed by atoms with Crippen molar-refractivity contribution >= 4 is 0 Å². The summed E-state index contributed by atoms with van der Waals surface area (Å²) < 4.78 is 0. The van der Waals surface area contributed by atoms with Gasteiger partial charge in [0.2, 0.25) is 0 Å². The quantitative estimate of drug-likeness (QED) is 0.507. The second-order valence-corrected chi connectivity index (χ2v) is 4.65. The number of rotatable bonds is 7. The molecule has 0 amide bonds. The minimum atomic E-state index is 1.21. The maximum Gasteiger partial charge on any atom is -0.0281 e. The van der Waals surface area contributed by atoms with Gasteiger partial charge in [0.1, 0.15) is 0 Å². The van der Waals surface area contributed by atoms with Gasteiger partial charge in [-0.3, -0.25) is 0 Å². The standard InChI is InChI=1S/C9H12.C8H18/c1-2-6-9-7-4-3-5-8-9;1-3-5-7-8-6-4-2/h3-5,7-8H,2,6H2,1H3;3-8H2,1-2H3. The van der Waals surface area contributed by atoms with Crippen molar-refractivity contribution in [3.63, 3.8) is 0 Å². The first-order valence-corrected chi connectivity index (χ1v) is 7.39. The lowest BCUT2D eigenvalue weighted by molar-refractivity contribution is 0.624. The van der Waals surface area contributed by atoms with Gasteiger partial charge in [-0.15, -0.1) is 0 Å². The Kier molecular flexibility index (Phi) is 12.7. The molecule has 0 aliphatic carbocycles. The smallest absolute Gasteiger partial charge is 0.0281 e. The Morgan fingerprint density at radius 1 is 0.647 bits per heavy atom. The van der Waals surface area contributed by atoms with Crippen LogP contribution in [0.2, 0.25) is 0 Å². The lowest BCUT2D eigenvalue weighted by Crippen LogP contribution is -1.78. The summed E-state index contributed by atoms with van der Waals surface area (Å²) in [5, 5.41) is 0. The zero-order valence-corrected chi connectivity index (χ0v) is 12.0. The van der Waals surface area contributed by atoms with Crippen molar-refractivity contribution in [3.05, 3.63) is 35.9 Å². The summed E-state index contributed by atoms with van der Waals surface area (Å²) in [4.78, 5) is 0. The molecule has 98 valence electrons. The van der Waals surface area contributed by atoms with Gasteiger partial charge in [0, 0.05) is 0 Å². The molecule has 1 aromatic carbocycles. The average molecular weight is 234 g/mol. The molecule has 0 N–H and O–H groups in total. The molecule has 1 aromatic rings. The summed E-state index contributed by atoms with van der Waals surface area (Å²) >= 11 is 0. The molecule has 0 nitrogen and oxygen atoms in total. The van der Waals surface area contributed by atoms with Crippen LogP contribution in [-0.2, 0) is 6.42 Å². The van der Waals surface area contributed by atoms with Crippen molar-refractivity contribution < 1.29 is 0 Å². The monoisotopic (exact) mass is 234 g/mol. The summed E-state index contributed by atoms with van der Waals surface area (Å²) in [6.07, 6.45) is 10.9. The third-order valence-electron chi connectivity index (χ3n) is 2.84. The lowest BCUT2D eigenvalue weighted by Gasteiger charge is -1.93. The maximum atomic E-state index is 2.26. The van der Waals surface area contributed by atoms with E-state index >= 15 is 0 Å². The van der Waals surface area contributed by atoms with Gasteiger partial charge in [-0.1, -0.05) is 96.0 Å². The zero-order chi connectivity index (χ0) is 12.8. The fraction of sp³-hybridized carbons (Fsp3) is 0.647. The highest BCUT2D eigenvalue weighted by molar-refractivity contribution is 5.14. The lowest BCUT2D eigenvalue weighted by atomic mass is 10.1. The zero-order valence-electron chi connectivity index (χ0n) is 12.0. The summed E-state index contributed by atoms with van der Waals surface area (Å²) in [6, 6.07) is 10.6. The molecule has 0 saturated heterocycles. The third-order valence-corrected chi connectivity index (χ3v) is 2.84. The summed E-state index contributed by atoms with van der Waals surface area (Å²) in [5.41, 5.74) is 1.44.